The number of amides is 1. The molecule has 0 bridgehead atoms. The predicted molar refractivity (Wildman–Crippen MR) is 41.8 cm³/mol. The molecule has 0 radical (unpaired) electrons. The predicted octanol–water partition coefficient (Wildman–Crippen LogP) is 0.582. The van der Waals surface area contributed by atoms with Crippen molar-refractivity contribution in [2.24, 2.45) is 5.41 Å². The van der Waals surface area contributed by atoms with Crippen molar-refractivity contribution in [3.05, 3.63) is 0 Å². The highest BCUT2D eigenvalue weighted by Crippen LogP contribution is 2.38. The van der Waals surface area contributed by atoms with Gasteiger partial charge in [0, 0.05) is 6.04 Å². The summed E-state index contributed by atoms with van der Waals surface area (Å²) in [5, 5.41) is 9.15. The van der Waals surface area contributed by atoms with E-state index in [1.807, 2.05) is 20.8 Å². The first-order valence-corrected chi connectivity index (χ1v) is 3.90. The molecule has 3 nitrogen and oxygen atoms in total. The van der Waals surface area contributed by atoms with Gasteiger partial charge in [0.15, 0.2) is 0 Å². The molecule has 1 fully saturated rings. The SMILES string of the molecule is CC(O)N1C(=O)C(C)(C)[C@H]1C. The smallest absolute Gasteiger partial charge is 0.232 e. The first-order chi connectivity index (χ1) is 4.89. The summed E-state index contributed by atoms with van der Waals surface area (Å²) >= 11 is 0. The molecule has 0 aromatic carbocycles. The third-order valence-corrected chi connectivity index (χ3v) is 2.65. The first-order valence-electron chi connectivity index (χ1n) is 3.90. The molecule has 1 aliphatic heterocycles. The number of aliphatic hydroxyl groups is 1. The van der Waals surface area contributed by atoms with Gasteiger partial charge < -0.3 is 10.0 Å². The Labute approximate surface area is 67.0 Å². The minimum absolute atomic E-state index is 0.0417. The summed E-state index contributed by atoms with van der Waals surface area (Å²) < 4.78 is 0. The normalized spacial score (nSPS) is 31.5. The summed E-state index contributed by atoms with van der Waals surface area (Å²) in [6.07, 6.45) is -0.648. The summed E-state index contributed by atoms with van der Waals surface area (Å²) in [7, 11) is 0. The van der Waals surface area contributed by atoms with Crippen LogP contribution in [0.1, 0.15) is 27.7 Å². The summed E-state index contributed by atoms with van der Waals surface area (Å²) in [6.45, 7) is 7.37. The highest BCUT2D eigenvalue weighted by Gasteiger charge is 2.52. The fraction of sp³-hybridized carbons (Fsp3) is 0.875. The third kappa shape index (κ3) is 0.948. The van der Waals surface area contributed by atoms with Crippen LogP contribution >= 0.6 is 0 Å². The van der Waals surface area contributed by atoms with Gasteiger partial charge in [0.25, 0.3) is 0 Å². The van der Waals surface area contributed by atoms with E-state index < -0.39 is 6.23 Å². The van der Waals surface area contributed by atoms with E-state index in [9.17, 15) is 4.79 Å². The van der Waals surface area contributed by atoms with Gasteiger partial charge in [0.2, 0.25) is 5.91 Å². The number of aliphatic hydroxyl groups excluding tert-OH is 1. The minimum atomic E-state index is -0.648. The van der Waals surface area contributed by atoms with Gasteiger partial charge in [-0.05, 0) is 27.7 Å². The van der Waals surface area contributed by atoms with E-state index in [0.717, 1.165) is 0 Å². The second kappa shape index (κ2) is 2.21. The molecule has 1 rings (SSSR count). The number of carbonyl (C=O) groups is 1. The quantitative estimate of drug-likeness (QED) is 0.566. The Hall–Kier alpha value is -0.570. The Morgan fingerprint density at radius 1 is 1.64 bits per heavy atom. The van der Waals surface area contributed by atoms with Crippen LogP contribution in [0.25, 0.3) is 0 Å². The fourth-order valence-electron chi connectivity index (χ4n) is 1.46. The number of hydrogen-bond donors (Lipinski definition) is 1. The standard InChI is InChI=1S/C8H15NO2/c1-5-8(3,4)7(11)9(5)6(2)10/h5-6,10H,1-4H3/t5-,6?/m1/s1. The Morgan fingerprint density at radius 3 is 2.27 bits per heavy atom. The molecule has 1 N–H and O–H groups in total. The second-order valence-corrected chi connectivity index (χ2v) is 3.74. The molecule has 0 aromatic heterocycles. The van der Waals surface area contributed by atoms with E-state index in [1.54, 1.807) is 6.92 Å². The zero-order chi connectivity index (χ0) is 8.81. The molecule has 0 saturated carbocycles. The van der Waals surface area contributed by atoms with Gasteiger partial charge in [-0.1, -0.05) is 0 Å². The lowest BCUT2D eigenvalue weighted by Gasteiger charge is -2.52. The zero-order valence-electron chi connectivity index (χ0n) is 7.46. The highest BCUT2D eigenvalue weighted by atomic mass is 16.3. The van der Waals surface area contributed by atoms with Gasteiger partial charge >= 0.3 is 0 Å². The number of nitrogens with zero attached hydrogens (tertiary/aromatic N) is 1. The summed E-state index contributed by atoms with van der Waals surface area (Å²) in [6, 6.07) is 0.148. The molecule has 11 heavy (non-hydrogen) atoms. The van der Waals surface area contributed by atoms with E-state index in [-0.39, 0.29) is 17.4 Å². The Morgan fingerprint density at radius 2 is 2.09 bits per heavy atom. The van der Waals surface area contributed by atoms with Gasteiger partial charge in [0.05, 0.1) is 5.41 Å². The summed E-state index contributed by atoms with van der Waals surface area (Å²) in [5.74, 6) is 0.0417. The van der Waals surface area contributed by atoms with E-state index in [2.05, 4.69) is 0 Å². The fourth-order valence-corrected chi connectivity index (χ4v) is 1.46. The average molecular weight is 157 g/mol. The monoisotopic (exact) mass is 157 g/mol. The molecule has 0 aliphatic carbocycles. The van der Waals surface area contributed by atoms with Gasteiger partial charge in [-0.2, -0.15) is 0 Å². The molecule has 1 amide bonds. The molecule has 1 saturated heterocycles. The maximum Gasteiger partial charge on any atom is 0.232 e. The van der Waals surface area contributed by atoms with Crippen LogP contribution in [0.15, 0.2) is 0 Å². The number of hydrogen-bond acceptors (Lipinski definition) is 2. The molecular formula is C8H15NO2. The van der Waals surface area contributed by atoms with Crippen LogP contribution in [0.3, 0.4) is 0 Å². The van der Waals surface area contributed by atoms with E-state index >= 15 is 0 Å². The van der Waals surface area contributed by atoms with Gasteiger partial charge in [-0.15, -0.1) is 0 Å². The van der Waals surface area contributed by atoms with Crippen molar-refractivity contribution in [1.82, 2.24) is 4.90 Å². The average Bonchev–Trinajstić information content (AvgIpc) is 1.87. The maximum absolute atomic E-state index is 11.3. The van der Waals surface area contributed by atoms with Gasteiger partial charge in [-0.3, -0.25) is 4.79 Å². The van der Waals surface area contributed by atoms with Crippen LogP contribution in [-0.4, -0.2) is 28.2 Å². The van der Waals surface area contributed by atoms with Crippen molar-refractivity contribution in [3.8, 4) is 0 Å². The molecule has 64 valence electrons. The second-order valence-electron chi connectivity index (χ2n) is 3.74. The van der Waals surface area contributed by atoms with Crippen molar-refractivity contribution < 1.29 is 9.90 Å². The topological polar surface area (TPSA) is 40.5 Å². The summed E-state index contributed by atoms with van der Waals surface area (Å²) in [5.41, 5.74) is -0.281. The molecule has 2 atom stereocenters. The molecule has 0 spiro atoms. The lowest BCUT2D eigenvalue weighted by molar-refractivity contribution is -0.184. The van der Waals surface area contributed by atoms with Crippen LogP contribution in [0.2, 0.25) is 0 Å². The van der Waals surface area contributed by atoms with Crippen LogP contribution in [-0.2, 0) is 4.79 Å². The largest absolute Gasteiger partial charge is 0.374 e. The van der Waals surface area contributed by atoms with E-state index in [4.69, 9.17) is 5.11 Å². The Balaban J connectivity index is 2.73. The number of carbonyl (C=O) groups excluding carboxylic acids is 1. The number of rotatable bonds is 1. The molecule has 1 unspecified atom stereocenters. The van der Waals surface area contributed by atoms with Crippen LogP contribution in [0, 0.1) is 5.41 Å². The molecule has 1 aliphatic rings. The lowest BCUT2D eigenvalue weighted by Crippen LogP contribution is -2.67. The van der Waals surface area contributed by atoms with Crippen molar-refractivity contribution >= 4 is 5.91 Å². The molecule has 1 heterocycles. The van der Waals surface area contributed by atoms with Crippen LogP contribution < -0.4 is 0 Å². The number of β-lactam (4-membered cyclic amide) rings is 1. The van der Waals surface area contributed by atoms with Crippen molar-refractivity contribution in [1.29, 1.82) is 0 Å². The van der Waals surface area contributed by atoms with Gasteiger partial charge in [-0.25, -0.2) is 0 Å². The van der Waals surface area contributed by atoms with E-state index in [0.29, 0.717) is 0 Å². The van der Waals surface area contributed by atoms with Crippen LogP contribution in [0.4, 0.5) is 0 Å². The zero-order valence-corrected chi connectivity index (χ0v) is 7.46. The molecular weight excluding hydrogens is 142 g/mol. The van der Waals surface area contributed by atoms with Crippen molar-refractivity contribution in [2.45, 2.75) is 40.0 Å². The Bertz CT molecular complexity index is 187. The molecule has 3 heteroatoms. The van der Waals surface area contributed by atoms with Crippen molar-refractivity contribution in [3.63, 3.8) is 0 Å². The first kappa shape index (κ1) is 8.53. The summed E-state index contributed by atoms with van der Waals surface area (Å²) in [4.78, 5) is 12.8. The lowest BCUT2D eigenvalue weighted by atomic mass is 9.75. The Kier molecular flexibility index (Phi) is 1.71. The van der Waals surface area contributed by atoms with Crippen LogP contribution in [0.5, 0.6) is 0 Å². The molecule has 0 aromatic rings. The number of likely N-dealkylation sites (tertiary alicyclic amines) is 1. The van der Waals surface area contributed by atoms with Crippen molar-refractivity contribution in [2.75, 3.05) is 0 Å². The van der Waals surface area contributed by atoms with Gasteiger partial charge in [0.1, 0.15) is 6.23 Å². The maximum atomic E-state index is 11.3. The third-order valence-electron chi connectivity index (χ3n) is 2.65. The highest BCUT2D eigenvalue weighted by molar-refractivity contribution is 5.89. The minimum Gasteiger partial charge on any atom is -0.374 e. The van der Waals surface area contributed by atoms with E-state index in [1.165, 1.54) is 4.90 Å².